The lowest BCUT2D eigenvalue weighted by atomic mass is 9.51. The molecule has 0 atom stereocenters. The van der Waals surface area contributed by atoms with E-state index in [4.69, 9.17) is 0 Å². The lowest BCUT2D eigenvalue weighted by molar-refractivity contribution is -0.0219. The minimum absolute atomic E-state index is 0.807. The minimum Gasteiger partial charge on any atom is -0.0654 e. The van der Waals surface area contributed by atoms with Gasteiger partial charge in [-0.05, 0) is 62.2 Å². The van der Waals surface area contributed by atoms with E-state index >= 15 is 0 Å². The molecule has 0 radical (unpaired) electrons. The molecular formula is C18H34. The van der Waals surface area contributed by atoms with E-state index in [1.807, 2.05) is 0 Å². The fraction of sp³-hybridized carbons (Fsp3) is 1.00. The molecule has 3 fully saturated rings. The van der Waals surface area contributed by atoms with Crippen LogP contribution in [-0.4, -0.2) is 0 Å². The third kappa shape index (κ3) is 3.31. The largest absolute Gasteiger partial charge is 0.0654 e. The van der Waals surface area contributed by atoms with Crippen LogP contribution >= 0.6 is 0 Å². The Balaban J connectivity index is 1.78. The van der Waals surface area contributed by atoms with E-state index in [0.717, 1.165) is 10.8 Å². The average Bonchev–Trinajstić information content (AvgIpc) is 2.42. The van der Waals surface area contributed by atoms with Gasteiger partial charge in [0, 0.05) is 0 Å². The lowest BCUT2D eigenvalue weighted by Gasteiger charge is -2.54. The van der Waals surface area contributed by atoms with Crippen LogP contribution in [-0.2, 0) is 0 Å². The zero-order valence-corrected chi connectivity index (χ0v) is 12.9. The third-order valence-corrected chi connectivity index (χ3v) is 6.18. The average molecular weight is 250 g/mol. The van der Waals surface area contributed by atoms with Gasteiger partial charge in [-0.25, -0.2) is 0 Å². The lowest BCUT2D eigenvalue weighted by Crippen LogP contribution is -2.41. The molecule has 3 rings (SSSR count). The fourth-order valence-corrected chi connectivity index (χ4v) is 4.59. The van der Waals surface area contributed by atoms with Gasteiger partial charge in [0.1, 0.15) is 0 Å². The van der Waals surface area contributed by atoms with E-state index in [2.05, 4.69) is 13.8 Å². The zero-order chi connectivity index (χ0) is 12.9. The van der Waals surface area contributed by atoms with Crippen molar-refractivity contribution in [3.05, 3.63) is 0 Å². The normalized spacial score (nSPS) is 35.0. The molecule has 0 unspecified atom stereocenters. The van der Waals surface area contributed by atoms with E-state index in [1.165, 1.54) is 38.5 Å². The molecule has 0 aromatic heterocycles. The maximum absolute atomic E-state index is 2.33. The Morgan fingerprint density at radius 2 is 0.889 bits per heavy atom. The number of rotatable bonds is 8. The van der Waals surface area contributed by atoms with Crippen molar-refractivity contribution in [2.75, 3.05) is 0 Å². The molecule has 0 aliphatic heterocycles. The molecule has 0 saturated heterocycles. The highest BCUT2D eigenvalue weighted by Gasteiger charge is 2.47. The smallest absolute Gasteiger partial charge is 0.0297 e. The van der Waals surface area contributed by atoms with Crippen LogP contribution < -0.4 is 0 Å². The van der Waals surface area contributed by atoms with Crippen molar-refractivity contribution in [2.24, 2.45) is 10.8 Å². The quantitative estimate of drug-likeness (QED) is 0.432. The summed E-state index contributed by atoms with van der Waals surface area (Å²) in [6, 6.07) is 0. The summed E-state index contributed by atoms with van der Waals surface area (Å²) in [6.45, 7) is 4.66. The molecule has 0 heterocycles. The van der Waals surface area contributed by atoms with E-state index in [9.17, 15) is 0 Å². The van der Waals surface area contributed by atoms with Crippen LogP contribution in [0.2, 0.25) is 0 Å². The maximum atomic E-state index is 2.33. The number of hydrogen-bond donors (Lipinski definition) is 0. The van der Waals surface area contributed by atoms with Crippen LogP contribution in [0.3, 0.4) is 0 Å². The molecule has 3 aliphatic carbocycles. The van der Waals surface area contributed by atoms with Crippen molar-refractivity contribution in [2.45, 2.75) is 104 Å². The molecule has 0 spiro atoms. The number of fused-ring (bicyclic) bond motifs is 3. The summed E-state index contributed by atoms with van der Waals surface area (Å²) in [5.41, 5.74) is 1.61. The fourth-order valence-electron chi connectivity index (χ4n) is 4.59. The molecule has 0 aromatic rings. The van der Waals surface area contributed by atoms with Gasteiger partial charge in [-0.1, -0.05) is 52.4 Å². The highest BCUT2D eigenvalue weighted by molar-refractivity contribution is 4.99. The molecule has 2 bridgehead atoms. The summed E-state index contributed by atoms with van der Waals surface area (Å²) in [5.74, 6) is 0. The van der Waals surface area contributed by atoms with E-state index in [0.29, 0.717) is 0 Å². The first kappa shape index (κ1) is 14.4. The van der Waals surface area contributed by atoms with E-state index in [-0.39, 0.29) is 0 Å². The van der Waals surface area contributed by atoms with Gasteiger partial charge in [0.25, 0.3) is 0 Å². The summed E-state index contributed by atoms with van der Waals surface area (Å²) in [5, 5.41) is 0. The number of hydrogen-bond acceptors (Lipinski definition) is 0. The SMILES string of the molecule is CCCCCC12CCC(CCCCC)(CC1)CC2. The maximum Gasteiger partial charge on any atom is -0.0297 e. The molecule has 18 heavy (non-hydrogen) atoms. The highest BCUT2D eigenvalue weighted by atomic mass is 14.5. The topological polar surface area (TPSA) is 0 Å². The Morgan fingerprint density at radius 1 is 0.556 bits per heavy atom. The zero-order valence-electron chi connectivity index (χ0n) is 12.9. The van der Waals surface area contributed by atoms with Gasteiger partial charge >= 0.3 is 0 Å². The van der Waals surface area contributed by atoms with Gasteiger partial charge in [0.2, 0.25) is 0 Å². The van der Waals surface area contributed by atoms with Crippen molar-refractivity contribution in [3.63, 3.8) is 0 Å². The molecule has 0 amide bonds. The predicted octanol–water partition coefficient (Wildman–Crippen LogP) is 6.49. The van der Waals surface area contributed by atoms with Crippen LogP contribution in [0.25, 0.3) is 0 Å². The Kier molecular flexibility index (Phi) is 5.15. The first-order chi connectivity index (χ1) is 8.74. The van der Waals surface area contributed by atoms with Crippen molar-refractivity contribution < 1.29 is 0 Å². The second-order valence-electron chi connectivity index (χ2n) is 7.41. The van der Waals surface area contributed by atoms with Gasteiger partial charge in [-0.2, -0.15) is 0 Å². The summed E-state index contributed by atoms with van der Waals surface area (Å²) in [7, 11) is 0. The van der Waals surface area contributed by atoms with Crippen LogP contribution in [0.15, 0.2) is 0 Å². The molecule has 3 aliphatic rings. The molecule has 3 saturated carbocycles. The Morgan fingerprint density at radius 3 is 1.17 bits per heavy atom. The van der Waals surface area contributed by atoms with Crippen LogP contribution in [0.1, 0.15) is 104 Å². The van der Waals surface area contributed by atoms with Crippen LogP contribution in [0.4, 0.5) is 0 Å². The molecule has 0 N–H and O–H groups in total. The van der Waals surface area contributed by atoms with E-state index < -0.39 is 0 Å². The van der Waals surface area contributed by atoms with Crippen LogP contribution in [0.5, 0.6) is 0 Å². The third-order valence-electron chi connectivity index (χ3n) is 6.18. The van der Waals surface area contributed by atoms with Gasteiger partial charge in [-0.15, -0.1) is 0 Å². The summed E-state index contributed by atoms with van der Waals surface area (Å²) < 4.78 is 0. The van der Waals surface area contributed by atoms with Gasteiger partial charge in [-0.3, -0.25) is 0 Å². The summed E-state index contributed by atoms with van der Waals surface area (Å²) >= 11 is 0. The van der Waals surface area contributed by atoms with Gasteiger partial charge in [0.05, 0.1) is 0 Å². The van der Waals surface area contributed by atoms with Crippen molar-refractivity contribution >= 4 is 0 Å². The summed E-state index contributed by atoms with van der Waals surface area (Å²) in [6.07, 6.45) is 21.2. The number of unbranched alkanes of at least 4 members (excludes halogenated alkanes) is 4. The molecule has 0 heteroatoms. The molecule has 0 nitrogen and oxygen atoms in total. The Labute approximate surface area is 115 Å². The highest BCUT2D eigenvalue weighted by Crippen LogP contribution is 2.60. The van der Waals surface area contributed by atoms with Crippen molar-refractivity contribution in [1.29, 1.82) is 0 Å². The van der Waals surface area contributed by atoms with Gasteiger partial charge in [0.15, 0.2) is 0 Å². The standard InChI is InChI=1S/C18H34/c1-3-5-7-9-17-11-14-18(15-12-17,16-13-17)10-8-6-4-2/h3-16H2,1-2H3. The minimum atomic E-state index is 0.807. The monoisotopic (exact) mass is 250 g/mol. The second kappa shape index (κ2) is 6.44. The molecule has 106 valence electrons. The van der Waals surface area contributed by atoms with Crippen LogP contribution in [0, 0.1) is 10.8 Å². The van der Waals surface area contributed by atoms with Crippen molar-refractivity contribution in [3.8, 4) is 0 Å². The predicted molar refractivity (Wildman–Crippen MR) is 80.9 cm³/mol. The second-order valence-corrected chi connectivity index (χ2v) is 7.41. The van der Waals surface area contributed by atoms with Gasteiger partial charge < -0.3 is 0 Å². The summed E-state index contributed by atoms with van der Waals surface area (Å²) in [4.78, 5) is 0. The van der Waals surface area contributed by atoms with Crippen molar-refractivity contribution in [1.82, 2.24) is 0 Å². The first-order valence-corrected chi connectivity index (χ1v) is 8.74. The first-order valence-electron chi connectivity index (χ1n) is 8.74. The Hall–Kier alpha value is 0. The molecular weight excluding hydrogens is 216 g/mol. The molecule has 0 aromatic carbocycles. The van der Waals surface area contributed by atoms with E-state index in [1.54, 1.807) is 51.4 Å². The Bertz CT molecular complexity index is 190.